The zero-order valence-corrected chi connectivity index (χ0v) is 5.72. The van der Waals surface area contributed by atoms with Crippen molar-refractivity contribution in [1.82, 2.24) is 5.06 Å². The molecule has 8 heavy (non-hydrogen) atoms. The molecule has 50 valence electrons. The third kappa shape index (κ3) is 2.26. The maximum Gasteiger partial charge on any atom is 0.0709 e. The molecule has 0 aromatic carbocycles. The van der Waals surface area contributed by atoms with E-state index in [0.717, 1.165) is 0 Å². The molecule has 0 aliphatic carbocycles. The first-order chi connectivity index (χ1) is 3.72. The molecule has 0 bridgehead atoms. The minimum Gasteiger partial charge on any atom is -0.316 e. The van der Waals surface area contributed by atoms with E-state index in [0.29, 0.717) is 12.7 Å². The van der Waals surface area contributed by atoms with Crippen LogP contribution in [-0.4, -0.2) is 24.9 Å². The molecule has 0 saturated heterocycles. The zero-order valence-electron chi connectivity index (χ0n) is 5.72. The van der Waals surface area contributed by atoms with Gasteiger partial charge < -0.3 is 10.6 Å². The van der Waals surface area contributed by atoms with Crippen LogP contribution in [0.5, 0.6) is 0 Å². The number of rotatable bonds is 3. The van der Waals surface area contributed by atoms with Gasteiger partial charge in [0.15, 0.2) is 0 Å². The fraction of sp³-hybridized carbons (Fsp3) is 1.00. The number of nitrogens with zero attached hydrogens (tertiary/aromatic N) is 1. The van der Waals surface area contributed by atoms with Crippen LogP contribution in [0.2, 0.25) is 0 Å². The summed E-state index contributed by atoms with van der Waals surface area (Å²) in [5.41, 5.74) is 5.29. The highest BCUT2D eigenvalue weighted by molar-refractivity contribution is 4.45. The quantitative estimate of drug-likeness (QED) is 0.424. The molecule has 0 aromatic heterocycles. The minimum absolute atomic E-state index is 0.366. The van der Waals surface area contributed by atoms with Gasteiger partial charge in [0.25, 0.3) is 0 Å². The lowest BCUT2D eigenvalue weighted by atomic mass is 10.4. The second kappa shape index (κ2) is 3.83. The lowest BCUT2D eigenvalue weighted by Gasteiger charge is -2.20. The lowest BCUT2D eigenvalue weighted by Crippen LogP contribution is -2.34. The molecule has 0 rings (SSSR count). The minimum atomic E-state index is 0.366. The molecule has 0 aliphatic rings. The Kier molecular flexibility index (Phi) is 3.77. The van der Waals surface area contributed by atoms with Crippen LogP contribution in [0.15, 0.2) is 0 Å². The van der Waals surface area contributed by atoms with Crippen molar-refractivity contribution in [3.63, 3.8) is 0 Å². The average Bonchev–Trinajstić information content (AvgIpc) is 1.69. The van der Waals surface area contributed by atoms with E-state index in [-0.39, 0.29) is 0 Å². The molecule has 3 heteroatoms. The topological polar surface area (TPSA) is 38.5 Å². The van der Waals surface area contributed by atoms with Crippen LogP contribution < -0.4 is 5.73 Å². The van der Waals surface area contributed by atoms with Gasteiger partial charge in [-0.2, -0.15) is 5.06 Å². The van der Waals surface area contributed by atoms with Crippen LogP contribution >= 0.6 is 0 Å². The van der Waals surface area contributed by atoms with Crippen molar-refractivity contribution < 1.29 is 4.84 Å². The van der Waals surface area contributed by atoms with E-state index in [1.54, 1.807) is 12.2 Å². The molecule has 0 spiro atoms. The molecule has 3 nitrogen and oxygen atoms in total. The Bertz CT molecular complexity index is 52.4. The standard InChI is InChI=1S/C5H14N2O/c1-5(2)7(4-6)8-3/h5H,4,6H2,1-3H3. The Morgan fingerprint density at radius 3 is 2.12 bits per heavy atom. The predicted molar refractivity (Wildman–Crippen MR) is 33.0 cm³/mol. The van der Waals surface area contributed by atoms with Gasteiger partial charge in [-0.1, -0.05) is 0 Å². The van der Waals surface area contributed by atoms with Gasteiger partial charge in [0.1, 0.15) is 0 Å². The third-order valence-corrected chi connectivity index (χ3v) is 0.990. The monoisotopic (exact) mass is 118 g/mol. The summed E-state index contributed by atoms with van der Waals surface area (Å²) in [6.45, 7) is 4.50. The van der Waals surface area contributed by atoms with Gasteiger partial charge in [-0.15, -0.1) is 0 Å². The zero-order chi connectivity index (χ0) is 6.57. The average molecular weight is 118 g/mol. The molecular weight excluding hydrogens is 104 g/mol. The molecule has 0 saturated carbocycles. The van der Waals surface area contributed by atoms with Crippen LogP contribution in [0.4, 0.5) is 0 Å². The van der Waals surface area contributed by atoms with Gasteiger partial charge in [-0.3, -0.25) is 0 Å². The third-order valence-electron chi connectivity index (χ3n) is 0.990. The smallest absolute Gasteiger partial charge is 0.0709 e. The van der Waals surface area contributed by atoms with Crippen molar-refractivity contribution in [3.05, 3.63) is 0 Å². The van der Waals surface area contributed by atoms with E-state index >= 15 is 0 Å². The second-order valence-corrected chi connectivity index (χ2v) is 1.88. The molecule has 0 radical (unpaired) electrons. The Balaban J connectivity index is 3.35. The van der Waals surface area contributed by atoms with E-state index in [2.05, 4.69) is 0 Å². The number of hydrogen-bond acceptors (Lipinski definition) is 3. The van der Waals surface area contributed by atoms with Gasteiger partial charge in [-0.05, 0) is 13.8 Å². The molecule has 0 atom stereocenters. The first kappa shape index (κ1) is 7.88. The van der Waals surface area contributed by atoms with Crippen LogP contribution in [0.25, 0.3) is 0 Å². The van der Waals surface area contributed by atoms with Crippen molar-refractivity contribution in [1.29, 1.82) is 0 Å². The van der Waals surface area contributed by atoms with Crippen molar-refractivity contribution >= 4 is 0 Å². The summed E-state index contributed by atoms with van der Waals surface area (Å²) in [5.74, 6) is 0. The van der Waals surface area contributed by atoms with Gasteiger partial charge in [0.2, 0.25) is 0 Å². The summed E-state index contributed by atoms with van der Waals surface area (Å²) in [4.78, 5) is 4.87. The predicted octanol–water partition coefficient (Wildman–Crippen LogP) is 0.174. The van der Waals surface area contributed by atoms with Gasteiger partial charge >= 0.3 is 0 Å². The van der Waals surface area contributed by atoms with Crippen LogP contribution in [0, 0.1) is 0 Å². The summed E-state index contributed by atoms with van der Waals surface area (Å²) < 4.78 is 0. The highest BCUT2D eigenvalue weighted by atomic mass is 16.7. The fourth-order valence-electron chi connectivity index (χ4n) is 0.496. The molecule has 0 heterocycles. The Hall–Kier alpha value is -0.120. The SMILES string of the molecule is CON(CN)C(C)C. The summed E-state index contributed by atoms with van der Waals surface area (Å²) in [6.07, 6.45) is 0. The maximum absolute atomic E-state index is 5.29. The Morgan fingerprint density at radius 1 is 1.62 bits per heavy atom. The van der Waals surface area contributed by atoms with Crippen molar-refractivity contribution in [2.75, 3.05) is 13.8 Å². The highest BCUT2D eigenvalue weighted by Crippen LogP contribution is 1.92. The summed E-state index contributed by atoms with van der Waals surface area (Å²) in [6, 6.07) is 0.366. The van der Waals surface area contributed by atoms with Crippen LogP contribution in [-0.2, 0) is 4.84 Å². The molecule has 0 unspecified atom stereocenters. The van der Waals surface area contributed by atoms with Gasteiger partial charge in [0, 0.05) is 6.04 Å². The maximum atomic E-state index is 5.29. The van der Waals surface area contributed by atoms with Crippen LogP contribution in [0.1, 0.15) is 13.8 Å². The second-order valence-electron chi connectivity index (χ2n) is 1.88. The van der Waals surface area contributed by atoms with Gasteiger partial charge in [-0.25, -0.2) is 0 Å². The van der Waals surface area contributed by atoms with Crippen molar-refractivity contribution in [2.24, 2.45) is 5.73 Å². The van der Waals surface area contributed by atoms with Crippen molar-refractivity contribution in [2.45, 2.75) is 19.9 Å². The highest BCUT2D eigenvalue weighted by Gasteiger charge is 2.02. The van der Waals surface area contributed by atoms with Crippen LogP contribution in [0.3, 0.4) is 0 Å². The number of nitrogens with two attached hydrogens (primary N) is 1. The lowest BCUT2D eigenvalue weighted by molar-refractivity contribution is -0.151. The van der Waals surface area contributed by atoms with E-state index in [1.165, 1.54) is 0 Å². The molecule has 0 aliphatic heterocycles. The molecule has 0 fully saturated rings. The Morgan fingerprint density at radius 2 is 2.12 bits per heavy atom. The molecule has 0 amide bonds. The first-order valence-corrected chi connectivity index (χ1v) is 2.73. The largest absolute Gasteiger partial charge is 0.316 e. The number of hydrogen-bond donors (Lipinski definition) is 1. The fourth-order valence-corrected chi connectivity index (χ4v) is 0.496. The first-order valence-electron chi connectivity index (χ1n) is 2.73. The van der Waals surface area contributed by atoms with E-state index in [1.807, 2.05) is 13.8 Å². The van der Waals surface area contributed by atoms with E-state index in [4.69, 9.17) is 10.6 Å². The summed E-state index contributed by atoms with van der Waals surface area (Å²) in [7, 11) is 1.62. The molecular formula is C5H14N2O. The molecule has 0 aromatic rings. The Labute approximate surface area is 50.4 Å². The normalized spacial score (nSPS) is 11.2. The molecule has 2 N–H and O–H groups in total. The summed E-state index contributed by atoms with van der Waals surface area (Å²) in [5, 5.41) is 1.69. The number of hydroxylamine groups is 2. The van der Waals surface area contributed by atoms with E-state index in [9.17, 15) is 0 Å². The van der Waals surface area contributed by atoms with Crippen molar-refractivity contribution in [3.8, 4) is 0 Å². The van der Waals surface area contributed by atoms with Gasteiger partial charge in [0.05, 0.1) is 13.8 Å². The van der Waals surface area contributed by atoms with E-state index < -0.39 is 0 Å². The summed E-state index contributed by atoms with van der Waals surface area (Å²) >= 11 is 0.